The Balaban J connectivity index is 0.000000686. The van der Waals surface area contributed by atoms with Gasteiger partial charge in [-0.25, -0.2) is 0 Å². The Morgan fingerprint density at radius 2 is 1.88 bits per heavy atom. The Morgan fingerprint density at radius 1 is 1.24 bits per heavy atom. The summed E-state index contributed by atoms with van der Waals surface area (Å²) in [5.74, 6) is 0. The summed E-state index contributed by atoms with van der Waals surface area (Å²) in [6.07, 6.45) is 3.03. The second-order valence-electron chi connectivity index (χ2n) is 4.65. The normalized spacial score (nSPS) is 15.2. The van der Waals surface area contributed by atoms with Crippen molar-refractivity contribution in [2.24, 2.45) is 0 Å². The molecule has 0 fully saturated rings. The molecule has 0 aliphatic carbocycles. The van der Waals surface area contributed by atoms with E-state index in [0.29, 0.717) is 0 Å². The van der Waals surface area contributed by atoms with Crippen LogP contribution in [0.15, 0.2) is 17.1 Å². The van der Waals surface area contributed by atoms with Gasteiger partial charge in [0, 0.05) is 31.4 Å². The first-order valence-electron chi connectivity index (χ1n) is 6.50. The van der Waals surface area contributed by atoms with Crippen LogP contribution >= 0.6 is 0 Å². The monoisotopic (exact) mass is 236 g/mol. The van der Waals surface area contributed by atoms with Gasteiger partial charge in [-0.2, -0.15) is 0 Å². The summed E-state index contributed by atoms with van der Waals surface area (Å²) in [5.41, 5.74) is 2.67. The van der Waals surface area contributed by atoms with Gasteiger partial charge in [0.25, 0.3) is 5.56 Å². The van der Waals surface area contributed by atoms with Crippen LogP contribution in [0.1, 0.15) is 44.9 Å². The van der Waals surface area contributed by atoms with E-state index in [1.165, 1.54) is 11.1 Å². The molecule has 3 heteroatoms. The van der Waals surface area contributed by atoms with Crippen molar-refractivity contribution in [2.45, 2.75) is 46.7 Å². The summed E-state index contributed by atoms with van der Waals surface area (Å²) in [5, 5.41) is 0. The van der Waals surface area contributed by atoms with Crippen molar-refractivity contribution in [1.29, 1.82) is 0 Å². The number of likely N-dealkylation sites (N-methyl/N-ethyl adjacent to an activating group) is 1. The van der Waals surface area contributed by atoms with Crippen molar-refractivity contribution in [2.75, 3.05) is 13.6 Å². The molecule has 0 spiro atoms. The molecular formula is C14H24N2O. The lowest BCUT2D eigenvalue weighted by Gasteiger charge is -2.26. The van der Waals surface area contributed by atoms with E-state index in [2.05, 4.69) is 11.9 Å². The fourth-order valence-electron chi connectivity index (χ4n) is 2.09. The lowest BCUT2D eigenvalue weighted by molar-refractivity contribution is 0.310. The van der Waals surface area contributed by atoms with Gasteiger partial charge in [-0.1, -0.05) is 13.8 Å². The number of aromatic nitrogens is 1. The second kappa shape index (κ2) is 6.01. The third-order valence-electron chi connectivity index (χ3n) is 3.02. The van der Waals surface area contributed by atoms with Crippen molar-refractivity contribution < 1.29 is 0 Å². The van der Waals surface area contributed by atoms with E-state index in [4.69, 9.17) is 0 Å². The lowest BCUT2D eigenvalue weighted by Crippen LogP contribution is -2.31. The Labute approximate surface area is 104 Å². The molecule has 0 atom stereocenters. The van der Waals surface area contributed by atoms with Gasteiger partial charge < -0.3 is 9.47 Å². The molecule has 1 aliphatic heterocycles. The van der Waals surface area contributed by atoms with Crippen molar-refractivity contribution in [3.63, 3.8) is 0 Å². The molecule has 0 radical (unpaired) electrons. The van der Waals surface area contributed by atoms with Crippen molar-refractivity contribution >= 4 is 0 Å². The van der Waals surface area contributed by atoms with Crippen molar-refractivity contribution in [3.8, 4) is 0 Å². The minimum Gasteiger partial charge on any atom is -0.313 e. The summed E-state index contributed by atoms with van der Waals surface area (Å²) in [6.45, 7) is 10.1. The van der Waals surface area contributed by atoms with Crippen LogP contribution in [0.4, 0.5) is 0 Å². The highest BCUT2D eigenvalue weighted by Gasteiger charge is 2.15. The maximum Gasteiger partial charge on any atom is 0.251 e. The number of fused-ring (bicyclic) bond motifs is 1. The first-order valence-corrected chi connectivity index (χ1v) is 6.50. The number of rotatable bonds is 1. The van der Waals surface area contributed by atoms with E-state index >= 15 is 0 Å². The van der Waals surface area contributed by atoms with Crippen LogP contribution in [0.5, 0.6) is 0 Å². The SMILES string of the molecule is CC.CC(C)n1cc2c(cc1=O)CCN(C)C2. The molecule has 0 bridgehead atoms. The minimum atomic E-state index is 0.133. The fraction of sp³-hybridized carbons (Fsp3) is 0.643. The molecule has 0 N–H and O–H groups in total. The van der Waals surface area contributed by atoms with E-state index in [1.807, 2.05) is 44.5 Å². The summed E-state index contributed by atoms with van der Waals surface area (Å²) in [4.78, 5) is 14.1. The number of hydrogen-bond acceptors (Lipinski definition) is 2. The molecule has 2 heterocycles. The summed E-state index contributed by atoms with van der Waals surface area (Å²) in [7, 11) is 2.12. The molecule has 0 aromatic carbocycles. The maximum absolute atomic E-state index is 11.8. The zero-order valence-electron chi connectivity index (χ0n) is 11.7. The summed E-state index contributed by atoms with van der Waals surface area (Å²) < 4.78 is 1.82. The first-order chi connectivity index (χ1) is 8.08. The van der Waals surface area contributed by atoms with Crippen LogP contribution < -0.4 is 5.56 Å². The first kappa shape index (κ1) is 14.0. The van der Waals surface area contributed by atoms with Crippen LogP contribution in [0, 0.1) is 0 Å². The molecule has 0 unspecified atom stereocenters. The average Bonchev–Trinajstić information content (AvgIpc) is 2.31. The average molecular weight is 236 g/mol. The van der Waals surface area contributed by atoms with Gasteiger partial charge >= 0.3 is 0 Å². The quantitative estimate of drug-likeness (QED) is 0.748. The molecule has 0 saturated heterocycles. The molecule has 0 amide bonds. The van der Waals surface area contributed by atoms with Crippen molar-refractivity contribution in [1.82, 2.24) is 9.47 Å². The Bertz CT molecular complexity index is 421. The van der Waals surface area contributed by atoms with Crippen LogP contribution in [0.3, 0.4) is 0 Å². The van der Waals surface area contributed by atoms with Gasteiger partial charge in [-0.3, -0.25) is 4.79 Å². The van der Waals surface area contributed by atoms with E-state index < -0.39 is 0 Å². The molecule has 96 valence electrons. The predicted octanol–water partition coefficient (Wildman–Crippen LogP) is 2.44. The topological polar surface area (TPSA) is 25.2 Å². The van der Waals surface area contributed by atoms with Gasteiger partial charge in [0.15, 0.2) is 0 Å². The van der Waals surface area contributed by atoms with E-state index in [9.17, 15) is 4.79 Å². The summed E-state index contributed by atoms with van der Waals surface area (Å²) >= 11 is 0. The Morgan fingerprint density at radius 3 is 2.47 bits per heavy atom. The Hall–Kier alpha value is -1.09. The number of hydrogen-bond donors (Lipinski definition) is 0. The van der Waals surface area contributed by atoms with Gasteiger partial charge in [-0.15, -0.1) is 0 Å². The highest BCUT2D eigenvalue weighted by molar-refractivity contribution is 5.26. The minimum absolute atomic E-state index is 0.133. The third-order valence-corrected chi connectivity index (χ3v) is 3.02. The fourth-order valence-corrected chi connectivity index (χ4v) is 2.09. The predicted molar refractivity (Wildman–Crippen MR) is 72.5 cm³/mol. The number of pyridine rings is 1. The van der Waals surface area contributed by atoms with Gasteiger partial charge in [0.2, 0.25) is 0 Å². The number of nitrogens with zero attached hydrogens (tertiary/aromatic N) is 2. The maximum atomic E-state index is 11.8. The molecule has 1 aromatic rings. The molecule has 0 saturated carbocycles. The molecule has 3 nitrogen and oxygen atoms in total. The molecular weight excluding hydrogens is 212 g/mol. The third kappa shape index (κ3) is 3.19. The van der Waals surface area contributed by atoms with Crippen LogP contribution in [0.25, 0.3) is 0 Å². The largest absolute Gasteiger partial charge is 0.313 e. The summed E-state index contributed by atoms with van der Waals surface area (Å²) in [6, 6.07) is 2.05. The lowest BCUT2D eigenvalue weighted by atomic mass is 10.0. The van der Waals surface area contributed by atoms with E-state index in [-0.39, 0.29) is 11.6 Å². The van der Waals surface area contributed by atoms with Crippen LogP contribution in [0.2, 0.25) is 0 Å². The van der Waals surface area contributed by atoms with Crippen LogP contribution in [-0.2, 0) is 13.0 Å². The zero-order chi connectivity index (χ0) is 13.0. The van der Waals surface area contributed by atoms with E-state index in [1.54, 1.807) is 0 Å². The highest BCUT2D eigenvalue weighted by atomic mass is 16.1. The van der Waals surface area contributed by atoms with Gasteiger partial charge in [0.1, 0.15) is 0 Å². The second-order valence-corrected chi connectivity index (χ2v) is 4.65. The van der Waals surface area contributed by atoms with Crippen molar-refractivity contribution in [3.05, 3.63) is 33.7 Å². The van der Waals surface area contributed by atoms with Crippen LogP contribution in [-0.4, -0.2) is 23.1 Å². The molecule has 2 rings (SSSR count). The zero-order valence-corrected chi connectivity index (χ0v) is 11.7. The Kier molecular flexibility index (Phi) is 4.94. The van der Waals surface area contributed by atoms with Gasteiger partial charge in [-0.05, 0) is 38.4 Å². The standard InChI is InChI=1S/C12H18N2O.C2H6/c1-9(2)14-8-11-7-13(3)5-4-10(11)6-12(14)15;1-2/h6,8-9H,4-5,7H2,1-3H3;1-2H3. The molecule has 1 aromatic heterocycles. The highest BCUT2D eigenvalue weighted by Crippen LogP contribution is 2.16. The van der Waals surface area contributed by atoms with E-state index in [0.717, 1.165) is 19.5 Å². The molecule has 1 aliphatic rings. The molecule has 17 heavy (non-hydrogen) atoms. The smallest absolute Gasteiger partial charge is 0.251 e. The van der Waals surface area contributed by atoms with Gasteiger partial charge in [0.05, 0.1) is 0 Å².